The highest BCUT2D eigenvalue weighted by molar-refractivity contribution is 6.30. The summed E-state index contributed by atoms with van der Waals surface area (Å²) in [6, 6.07) is 5.30. The number of hydrogen-bond acceptors (Lipinski definition) is 2. The SMILES string of the molecule is CCC[C@@H](C)Oc1ccc(Cl)cc1N. The normalized spacial score (nSPS) is 12.5. The molecule has 1 aromatic rings. The second-order valence-electron chi connectivity index (χ2n) is 3.40. The number of benzene rings is 1. The van der Waals surface area contributed by atoms with Gasteiger partial charge in [0.05, 0.1) is 11.8 Å². The van der Waals surface area contributed by atoms with E-state index in [1.54, 1.807) is 12.1 Å². The fourth-order valence-corrected chi connectivity index (χ4v) is 1.49. The van der Waals surface area contributed by atoms with Gasteiger partial charge in [-0.05, 0) is 31.5 Å². The van der Waals surface area contributed by atoms with E-state index in [-0.39, 0.29) is 6.10 Å². The second-order valence-corrected chi connectivity index (χ2v) is 3.84. The fourth-order valence-electron chi connectivity index (χ4n) is 1.31. The van der Waals surface area contributed by atoms with E-state index in [2.05, 4.69) is 6.92 Å². The molecule has 0 radical (unpaired) electrons. The van der Waals surface area contributed by atoms with Crippen LogP contribution in [0.4, 0.5) is 5.69 Å². The predicted octanol–water partition coefficient (Wildman–Crippen LogP) is 3.49. The molecule has 0 heterocycles. The molecule has 0 fully saturated rings. The predicted molar refractivity (Wildman–Crippen MR) is 60.9 cm³/mol. The zero-order chi connectivity index (χ0) is 10.6. The van der Waals surface area contributed by atoms with E-state index in [0.29, 0.717) is 10.7 Å². The lowest BCUT2D eigenvalue weighted by molar-refractivity contribution is 0.211. The highest BCUT2D eigenvalue weighted by Gasteiger charge is 2.05. The van der Waals surface area contributed by atoms with Crippen molar-refractivity contribution in [2.45, 2.75) is 32.8 Å². The van der Waals surface area contributed by atoms with Gasteiger partial charge in [0.15, 0.2) is 0 Å². The van der Waals surface area contributed by atoms with E-state index >= 15 is 0 Å². The van der Waals surface area contributed by atoms with Crippen molar-refractivity contribution in [1.82, 2.24) is 0 Å². The lowest BCUT2D eigenvalue weighted by Crippen LogP contribution is -2.12. The van der Waals surface area contributed by atoms with E-state index in [0.717, 1.165) is 18.6 Å². The van der Waals surface area contributed by atoms with Crippen molar-refractivity contribution in [3.8, 4) is 5.75 Å². The van der Waals surface area contributed by atoms with Gasteiger partial charge in [-0.3, -0.25) is 0 Å². The maximum absolute atomic E-state index is 5.78. The number of nitrogens with two attached hydrogens (primary N) is 1. The van der Waals surface area contributed by atoms with Crippen LogP contribution < -0.4 is 10.5 Å². The van der Waals surface area contributed by atoms with Crippen molar-refractivity contribution in [3.63, 3.8) is 0 Å². The average molecular weight is 214 g/mol. The molecular weight excluding hydrogens is 198 g/mol. The van der Waals surface area contributed by atoms with Crippen LogP contribution in [0.2, 0.25) is 5.02 Å². The lowest BCUT2D eigenvalue weighted by Gasteiger charge is -2.15. The second kappa shape index (κ2) is 5.11. The molecule has 2 nitrogen and oxygen atoms in total. The summed E-state index contributed by atoms with van der Waals surface area (Å²) in [7, 11) is 0. The Bertz CT molecular complexity index is 301. The van der Waals surface area contributed by atoms with Gasteiger partial charge in [-0.1, -0.05) is 24.9 Å². The van der Waals surface area contributed by atoms with Crippen molar-refractivity contribution in [3.05, 3.63) is 23.2 Å². The molecule has 0 bridgehead atoms. The van der Waals surface area contributed by atoms with Crippen molar-refractivity contribution >= 4 is 17.3 Å². The van der Waals surface area contributed by atoms with Gasteiger partial charge in [-0.25, -0.2) is 0 Å². The molecule has 1 atom stereocenters. The minimum absolute atomic E-state index is 0.198. The maximum atomic E-state index is 5.78. The summed E-state index contributed by atoms with van der Waals surface area (Å²) in [6.45, 7) is 4.17. The van der Waals surface area contributed by atoms with Gasteiger partial charge in [-0.2, -0.15) is 0 Å². The first kappa shape index (κ1) is 11.2. The third-order valence-electron chi connectivity index (χ3n) is 2.00. The molecule has 0 unspecified atom stereocenters. The minimum atomic E-state index is 0.198. The van der Waals surface area contributed by atoms with Crippen LogP contribution in [0.3, 0.4) is 0 Å². The summed E-state index contributed by atoms with van der Waals surface area (Å²) in [4.78, 5) is 0. The van der Waals surface area contributed by atoms with E-state index in [9.17, 15) is 0 Å². The monoisotopic (exact) mass is 213 g/mol. The molecule has 1 aromatic carbocycles. The van der Waals surface area contributed by atoms with Gasteiger partial charge in [0.1, 0.15) is 5.75 Å². The molecule has 78 valence electrons. The molecule has 0 saturated heterocycles. The van der Waals surface area contributed by atoms with Crippen LogP contribution >= 0.6 is 11.6 Å². The van der Waals surface area contributed by atoms with E-state index in [1.807, 2.05) is 13.0 Å². The Hall–Kier alpha value is -0.890. The molecule has 14 heavy (non-hydrogen) atoms. The van der Waals surface area contributed by atoms with Gasteiger partial charge in [-0.15, -0.1) is 0 Å². The van der Waals surface area contributed by atoms with Crippen LogP contribution in [-0.2, 0) is 0 Å². The summed E-state index contributed by atoms with van der Waals surface area (Å²) < 4.78 is 5.66. The Labute approximate surface area is 90.0 Å². The first-order valence-electron chi connectivity index (χ1n) is 4.85. The standard InChI is InChI=1S/C11H16ClNO/c1-3-4-8(2)14-11-6-5-9(12)7-10(11)13/h5-8H,3-4,13H2,1-2H3/t8-/m1/s1. The van der Waals surface area contributed by atoms with Gasteiger partial charge in [0.2, 0.25) is 0 Å². The maximum Gasteiger partial charge on any atom is 0.142 e. The Kier molecular flexibility index (Phi) is 4.08. The molecule has 2 N–H and O–H groups in total. The molecule has 0 spiro atoms. The number of nitrogen functional groups attached to an aromatic ring is 1. The van der Waals surface area contributed by atoms with Crippen LogP contribution in [0.15, 0.2) is 18.2 Å². The molecule has 0 aromatic heterocycles. The molecule has 0 aliphatic carbocycles. The summed E-state index contributed by atoms with van der Waals surface area (Å²) >= 11 is 5.78. The van der Waals surface area contributed by atoms with Crippen LogP contribution in [0.5, 0.6) is 5.75 Å². The molecular formula is C11H16ClNO. The van der Waals surface area contributed by atoms with E-state index in [4.69, 9.17) is 22.1 Å². The molecule has 0 aliphatic heterocycles. The van der Waals surface area contributed by atoms with Gasteiger partial charge >= 0.3 is 0 Å². The van der Waals surface area contributed by atoms with Gasteiger partial charge in [0.25, 0.3) is 0 Å². The molecule has 3 heteroatoms. The number of hydrogen-bond donors (Lipinski definition) is 1. The lowest BCUT2D eigenvalue weighted by atomic mass is 10.2. The number of halogens is 1. The fraction of sp³-hybridized carbons (Fsp3) is 0.455. The van der Waals surface area contributed by atoms with Crippen LogP contribution in [0.25, 0.3) is 0 Å². The molecule has 1 rings (SSSR count). The van der Waals surface area contributed by atoms with Crippen LogP contribution in [0, 0.1) is 0 Å². The quantitative estimate of drug-likeness (QED) is 0.778. The summed E-state index contributed by atoms with van der Waals surface area (Å²) in [5.41, 5.74) is 6.35. The minimum Gasteiger partial charge on any atom is -0.489 e. The van der Waals surface area contributed by atoms with E-state index < -0.39 is 0 Å². The number of anilines is 1. The largest absolute Gasteiger partial charge is 0.489 e. The highest BCUT2D eigenvalue weighted by Crippen LogP contribution is 2.26. The van der Waals surface area contributed by atoms with Gasteiger partial charge in [0, 0.05) is 5.02 Å². The number of ether oxygens (including phenoxy) is 1. The first-order chi connectivity index (χ1) is 6.63. The number of rotatable bonds is 4. The third-order valence-corrected chi connectivity index (χ3v) is 2.23. The van der Waals surface area contributed by atoms with Crippen molar-refractivity contribution in [1.29, 1.82) is 0 Å². The van der Waals surface area contributed by atoms with Crippen LogP contribution in [0.1, 0.15) is 26.7 Å². The Balaban J connectivity index is 2.67. The van der Waals surface area contributed by atoms with E-state index in [1.165, 1.54) is 0 Å². The molecule has 0 aliphatic rings. The summed E-state index contributed by atoms with van der Waals surface area (Å²) in [5.74, 6) is 0.718. The Morgan fingerprint density at radius 2 is 2.21 bits per heavy atom. The zero-order valence-corrected chi connectivity index (χ0v) is 9.34. The Morgan fingerprint density at radius 1 is 1.50 bits per heavy atom. The van der Waals surface area contributed by atoms with Gasteiger partial charge < -0.3 is 10.5 Å². The first-order valence-corrected chi connectivity index (χ1v) is 5.23. The average Bonchev–Trinajstić information content (AvgIpc) is 2.10. The summed E-state index contributed by atoms with van der Waals surface area (Å²) in [5, 5.41) is 0.637. The zero-order valence-electron chi connectivity index (χ0n) is 8.59. The third kappa shape index (κ3) is 3.11. The molecule has 0 amide bonds. The summed E-state index contributed by atoms with van der Waals surface area (Å²) in [6.07, 6.45) is 2.33. The van der Waals surface area contributed by atoms with Crippen molar-refractivity contribution < 1.29 is 4.74 Å². The van der Waals surface area contributed by atoms with Crippen LogP contribution in [-0.4, -0.2) is 6.10 Å². The van der Waals surface area contributed by atoms with Crippen molar-refractivity contribution in [2.24, 2.45) is 0 Å². The van der Waals surface area contributed by atoms with Crippen molar-refractivity contribution in [2.75, 3.05) is 5.73 Å². The smallest absolute Gasteiger partial charge is 0.142 e. The topological polar surface area (TPSA) is 35.2 Å². The molecule has 0 saturated carbocycles. The highest BCUT2D eigenvalue weighted by atomic mass is 35.5. The Morgan fingerprint density at radius 3 is 2.79 bits per heavy atom.